The lowest BCUT2D eigenvalue weighted by molar-refractivity contribution is 0.246. The zero-order chi connectivity index (χ0) is 20.5. The molecule has 4 nitrogen and oxygen atoms in total. The summed E-state index contributed by atoms with van der Waals surface area (Å²) in [6.07, 6.45) is 1.09. The summed E-state index contributed by atoms with van der Waals surface area (Å²) in [4.78, 5) is 2.50. The molecule has 0 saturated heterocycles. The van der Waals surface area contributed by atoms with Crippen LogP contribution in [0.1, 0.15) is 16.7 Å². The highest BCUT2D eigenvalue weighted by Gasteiger charge is 2.19. The molecule has 3 aromatic carbocycles. The third kappa shape index (κ3) is 3.44. The van der Waals surface area contributed by atoms with Crippen molar-refractivity contribution in [3.05, 3.63) is 83.4 Å². The average Bonchev–Trinajstić information content (AvgIpc) is 3.25. The molecular weight excluding hydrogens is 374 g/mol. The molecule has 0 spiro atoms. The minimum Gasteiger partial charge on any atom is -0.497 e. The highest BCUT2D eigenvalue weighted by molar-refractivity contribution is 5.90. The number of rotatable bonds is 5. The molecule has 5 rings (SSSR count). The Morgan fingerprint density at radius 2 is 1.77 bits per heavy atom. The van der Waals surface area contributed by atoms with Crippen LogP contribution in [0.25, 0.3) is 22.3 Å². The van der Waals surface area contributed by atoms with E-state index in [1.165, 1.54) is 16.7 Å². The number of benzene rings is 3. The van der Waals surface area contributed by atoms with Crippen molar-refractivity contribution in [2.75, 3.05) is 20.8 Å². The van der Waals surface area contributed by atoms with E-state index in [0.717, 1.165) is 59.8 Å². The summed E-state index contributed by atoms with van der Waals surface area (Å²) in [5, 5.41) is 1.10. The molecule has 4 aromatic rings. The fourth-order valence-corrected chi connectivity index (χ4v) is 4.30. The van der Waals surface area contributed by atoms with Crippen molar-refractivity contribution in [2.45, 2.75) is 19.5 Å². The van der Waals surface area contributed by atoms with Crippen LogP contribution < -0.4 is 9.47 Å². The first-order valence-corrected chi connectivity index (χ1v) is 10.3. The quantitative estimate of drug-likeness (QED) is 0.433. The van der Waals surface area contributed by atoms with E-state index in [2.05, 4.69) is 41.3 Å². The first kappa shape index (κ1) is 18.8. The summed E-state index contributed by atoms with van der Waals surface area (Å²) >= 11 is 0. The van der Waals surface area contributed by atoms with Crippen LogP contribution in [0.5, 0.6) is 11.5 Å². The summed E-state index contributed by atoms with van der Waals surface area (Å²) < 4.78 is 17.2. The number of furan rings is 1. The molecular formula is C26H25NO3. The predicted octanol–water partition coefficient (Wildman–Crippen LogP) is 5.68. The number of hydrogen-bond acceptors (Lipinski definition) is 4. The van der Waals surface area contributed by atoms with Crippen molar-refractivity contribution in [3.8, 4) is 22.8 Å². The van der Waals surface area contributed by atoms with Gasteiger partial charge in [-0.05, 0) is 47.4 Å². The molecule has 1 aromatic heterocycles. The van der Waals surface area contributed by atoms with Crippen LogP contribution in [-0.2, 0) is 19.5 Å². The normalized spacial score (nSPS) is 13.9. The maximum Gasteiger partial charge on any atom is 0.176 e. The summed E-state index contributed by atoms with van der Waals surface area (Å²) in [6, 6.07) is 23.0. The number of ether oxygens (including phenoxy) is 2. The molecule has 4 heteroatoms. The van der Waals surface area contributed by atoms with Gasteiger partial charge in [0.05, 0.1) is 14.2 Å². The lowest BCUT2D eigenvalue weighted by Gasteiger charge is -2.29. The summed E-state index contributed by atoms with van der Waals surface area (Å²) in [5.41, 5.74) is 5.94. The Morgan fingerprint density at radius 1 is 0.900 bits per heavy atom. The van der Waals surface area contributed by atoms with E-state index in [4.69, 9.17) is 13.9 Å². The highest BCUT2D eigenvalue weighted by atomic mass is 16.5. The van der Waals surface area contributed by atoms with Crippen molar-refractivity contribution >= 4 is 11.0 Å². The fourth-order valence-electron chi connectivity index (χ4n) is 4.30. The van der Waals surface area contributed by atoms with E-state index in [1.807, 2.05) is 30.3 Å². The van der Waals surface area contributed by atoms with Crippen LogP contribution in [0.4, 0.5) is 0 Å². The Morgan fingerprint density at radius 3 is 2.60 bits per heavy atom. The van der Waals surface area contributed by atoms with Gasteiger partial charge in [0.25, 0.3) is 0 Å². The van der Waals surface area contributed by atoms with Gasteiger partial charge < -0.3 is 13.9 Å². The largest absolute Gasteiger partial charge is 0.497 e. The minimum atomic E-state index is 0.756. The van der Waals surface area contributed by atoms with E-state index in [-0.39, 0.29) is 0 Å². The SMILES string of the molecule is COc1cccc(-c2cc3c(CN4CCc5ccccc5C4)ccc(OC)c3o2)c1. The molecule has 0 bridgehead atoms. The molecule has 0 aliphatic carbocycles. The summed E-state index contributed by atoms with van der Waals surface area (Å²) in [5.74, 6) is 2.39. The second-order valence-corrected chi connectivity index (χ2v) is 7.74. The third-order valence-corrected chi connectivity index (χ3v) is 5.92. The van der Waals surface area contributed by atoms with Crippen molar-refractivity contribution < 1.29 is 13.9 Å². The Balaban J connectivity index is 1.50. The Labute approximate surface area is 176 Å². The maximum absolute atomic E-state index is 6.26. The Hall–Kier alpha value is -3.24. The van der Waals surface area contributed by atoms with Gasteiger partial charge in [-0.2, -0.15) is 0 Å². The van der Waals surface area contributed by atoms with Gasteiger partial charge in [-0.1, -0.05) is 42.5 Å². The predicted molar refractivity (Wildman–Crippen MR) is 119 cm³/mol. The minimum absolute atomic E-state index is 0.756. The van der Waals surface area contributed by atoms with Crippen molar-refractivity contribution in [1.29, 1.82) is 0 Å². The Bertz CT molecular complexity index is 1190. The molecule has 152 valence electrons. The lowest BCUT2D eigenvalue weighted by atomic mass is 9.99. The van der Waals surface area contributed by atoms with Crippen molar-refractivity contribution in [3.63, 3.8) is 0 Å². The monoisotopic (exact) mass is 399 g/mol. The number of fused-ring (bicyclic) bond motifs is 2. The molecule has 30 heavy (non-hydrogen) atoms. The molecule has 0 unspecified atom stereocenters. The first-order valence-electron chi connectivity index (χ1n) is 10.3. The fraction of sp³-hybridized carbons (Fsp3) is 0.231. The van der Waals surface area contributed by atoms with Crippen LogP contribution in [0.3, 0.4) is 0 Å². The number of methoxy groups -OCH3 is 2. The van der Waals surface area contributed by atoms with Crippen LogP contribution in [0.15, 0.2) is 71.1 Å². The van der Waals surface area contributed by atoms with Gasteiger partial charge in [0.2, 0.25) is 0 Å². The van der Waals surface area contributed by atoms with Crippen molar-refractivity contribution in [2.24, 2.45) is 0 Å². The standard InChI is InChI=1S/C26H25NO3/c1-28-22-9-5-8-19(14-22)25-15-23-21(10-11-24(29-2)26(23)30-25)17-27-13-12-18-6-3-4-7-20(18)16-27/h3-11,14-15H,12-13,16-17H2,1-2H3. The molecule has 1 aliphatic heterocycles. The summed E-state index contributed by atoms with van der Waals surface area (Å²) in [7, 11) is 3.36. The van der Waals surface area contributed by atoms with E-state index >= 15 is 0 Å². The van der Waals surface area contributed by atoms with Gasteiger partial charge >= 0.3 is 0 Å². The van der Waals surface area contributed by atoms with Crippen molar-refractivity contribution in [1.82, 2.24) is 4.90 Å². The molecule has 0 radical (unpaired) electrons. The van der Waals surface area contributed by atoms with Gasteiger partial charge in [0, 0.05) is 30.6 Å². The van der Waals surface area contributed by atoms with Gasteiger partial charge in [-0.15, -0.1) is 0 Å². The van der Waals surface area contributed by atoms with E-state index in [0.29, 0.717) is 0 Å². The zero-order valence-electron chi connectivity index (χ0n) is 17.4. The summed E-state index contributed by atoms with van der Waals surface area (Å²) in [6.45, 7) is 2.92. The molecule has 0 fully saturated rings. The number of hydrogen-bond donors (Lipinski definition) is 0. The molecule has 0 amide bonds. The molecule has 0 saturated carbocycles. The van der Waals surface area contributed by atoms with Crippen LogP contribution in [0, 0.1) is 0 Å². The van der Waals surface area contributed by atoms with Crippen LogP contribution >= 0.6 is 0 Å². The van der Waals surface area contributed by atoms with Gasteiger partial charge in [-0.25, -0.2) is 0 Å². The van der Waals surface area contributed by atoms with E-state index < -0.39 is 0 Å². The second-order valence-electron chi connectivity index (χ2n) is 7.74. The van der Waals surface area contributed by atoms with Gasteiger partial charge in [-0.3, -0.25) is 4.90 Å². The van der Waals surface area contributed by atoms with E-state index in [9.17, 15) is 0 Å². The van der Waals surface area contributed by atoms with Gasteiger partial charge in [0.15, 0.2) is 11.3 Å². The second kappa shape index (κ2) is 7.88. The average molecular weight is 399 g/mol. The third-order valence-electron chi connectivity index (χ3n) is 5.92. The Kier molecular flexibility index (Phi) is 4.93. The van der Waals surface area contributed by atoms with E-state index in [1.54, 1.807) is 14.2 Å². The molecule has 2 heterocycles. The van der Waals surface area contributed by atoms with Crippen LogP contribution in [-0.4, -0.2) is 25.7 Å². The maximum atomic E-state index is 6.26. The lowest BCUT2D eigenvalue weighted by Crippen LogP contribution is -2.30. The van der Waals surface area contributed by atoms with Crippen LogP contribution in [0.2, 0.25) is 0 Å². The smallest absolute Gasteiger partial charge is 0.176 e. The topological polar surface area (TPSA) is 34.8 Å². The molecule has 1 aliphatic rings. The molecule has 0 N–H and O–H groups in total. The highest BCUT2D eigenvalue weighted by Crippen LogP contribution is 2.37. The molecule has 0 atom stereocenters. The zero-order valence-corrected chi connectivity index (χ0v) is 17.4. The van der Waals surface area contributed by atoms with Gasteiger partial charge in [0.1, 0.15) is 11.5 Å². The number of nitrogens with zero attached hydrogens (tertiary/aromatic N) is 1. The first-order chi connectivity index (χ1) is 14.7.